The average Bonchev–Trinajstić information content (AvgIpc) is 3.38. The fraction of sp³-hybridized carbons (Fsp3) is 0.632. The number of carbonyl (C=O) groups excluding carboxylic acids is 1. The molecule has 1 saturated carbocycles. The predicted molar refractivity (Wildman–Crippen MR) is 91.1 cm³/mol. The minimum atomic E-state index is -0.0169. The molecule has 0 radical (unpaired) electrons. The average molecular weight is 313 g/mol. The quantitative estimate of drug-likeness (QED) is 0.897. The number of nitrogens with one attached hydrogen (secondary N) is 2. The number of benzene rings is 1. The summed E-state index contributed by atoms with van der Waals surface area (Å²) < 4.78 is 0. The molecule has 2 unspecified atom stereocenters. The summed E-state index contributed by atoms with van der Waals surface area (Å²) in [6.07, 6.45) is 9.04. The Hall–Kier alpha value is -1.55. The number of amides is 2. The summed E-state index contributed by atoms with van der Waals surface area (Å²) in [5.74, 6) is 0. The number of hydrogen-bond acceptors (Lipinski definition) is 2. The van der Waals surface area contributed by atoms with Gasteiger partial charge in [0, 0.05) is 30.7 Å². The highest BCUT2D eigenvalue weighted by Crippen LogP contribution is 2.41. The van der Waals surface area contributed by atoms with Crippen LogP contribution in [-0.4, -0.2) is 35.1 Å². The molecule has 4 heteroatoms. The topological polar surface area (TPSA) is 44.4 Å². The number of hydrogen-bond donors (Lipinski definition) is 2. The fourth-order valence-electron chi connectivity index (χ4n) is 4.52. The molecule has 4 rings (SSSR count). The van der Waals surface area contributed by atoms with Crippen LogP contribution in [0.3, 0.4) is 0 Å². The maximum atomic E-state index is 12.2. The van der Waals surface area contributed by atoms with Gasteiger partial charge in [0.15, 0.2) is 0 Å². The molecule has 3 aliphatic rings. The van der Waals surface area contributed by atoms with E-state index >= 15 is 0 Å². The van der Waals surface area contributed by atoms with Gasteiger partial charge in [-0.1, -0.05) is 36.8 Å². The van der Waals surface area contributed by atoms with Crippen LogP contribution in [0.5, 0.6) is 0 Å². The van der Waals surface area contributed by atoms with Crippen LogP contribution in [-0.2, 0) is 6.54 Å². The second-order valence-electron chi connectivity index (χ2n) is 7.40. The van der Waals surface area contributed by atoms with Crippen molar-refractivity contribution in [1.82, 2.24) is 15.5 Å². The van der Waals surface area contributed by atoms with E-state index in [1.54, 1.807) is 0 Å². The smallest absolute Gasteiger partial charge is 0.315 e. The van der Waals surface area contributed by atoms with Crippen molar-refractivity contribution in [2.24, 2.45) is 0 Å². The first-order chi connectivity index (χ1) is 11.3. The first-order valence-electron chi connectivity index (χ1n) is 9.15. The second kappa shape index (κ2) is 6.52. The van der Waals surface area contributed by atoms with Crippen molar-refractivity contribution in [2.75, 3.05) is 0 Å². The molecule has 3 fully saturated rings. The molecule has 2 amide bonds. The van der Waals surface area contributed by atoms with Crippen molar-refractivity contribution in [3.05, 3.63) is 35.9 Å². The molecule has 23 heavy (non-hydrogen) atoms. The standard InChI is InChI=1S/C19H27N3O/c23-19(20-13-14-5-2-1-3-6-14)21-15-11-17-7-4-8-18(12-15)22(17)16-9-10-16/h1-3,5-6,15-18H,4,7-13H2,(H2,20,21,23). The van der Waals surface area contributed by atoms with Gasteiger partial charge in [0.2, 0.25) is 0 Å². The van der Waals surface area contributed by atoms with Gasteiger partial charge in [0.25, 0.3) is 0 Å². The number of urea groups is 1. The molecule has 1 aromatic rings. The van der Waals surface area contributed by atoms with Gasteiger partial charge in [0.05, 0.1) is 0 Å². The van der Waals surface area contributed by atoms with Crippen molar-refractivity contribution in [2.45, 2.75) is 75.7 Å². The maximum absolute atomic E-state index is 12.2. The third-order valence-electron chi connectivity index (χ3n) is 5.63. The van der Waals surface area contributed by atoms with Crippen LogP contribution in [0.2, 0.25) is 0 Å². The van der Waals surface area contributed by atoms with E-state index in [0.29, 0.717) is 24.7 Å². The van der Waals surface area contributed by atoms with Crippen LogP contribution < -0.4 is 10.6 Å². The van der Waals surface area contributed by atoms with E-state index in [9.17, 15) is 4.79 Å². The van der Waals surface area contributed by atoms with Gasteiger partial charge < -0.3 is 10.6 Å². The monoisotopic (exact) mass is 313 g/mol. The summed E-state index contributed by atoms with van der Waals surface area (Å²) >= 11 is 0. The third-order valence-corrected chi connectivity index (χ3v) is 5.63. The van der Waals surface area contributed by atoms with Gasteiger partial charge in [-0.2, -0.15) is 0 Å². The van der Waals surface area contributed by atoms with Crippen molar-refractivity contribution >= 4 is 6.03 Å². The highest BCUT2D eigenvalue weighted by molar-refractivity contribution is 5.74. The molecule has 2 atom stereocenters. The Kier molecular flexibility index (Phi) is 4.25. The summed E-state index contributed by atoms with van der Waals surface area (Å²) in [5.41, 5.74) is 1.14. The third kappa shape index (κ3) is 3.52. The molecule has 2 N–H and O–H groups in total. The Labute approximate surface area is 138 Å². The summed E-state index contributed by atoms with van der Waals surface area (Å²) in [6, 6.07) is 12.7. The normalized spacial score (nSPS) is 30.7. The summed E-state index contributed by atoms with van der Waals surface area (Å²) in [4.78, 5) is 15.0. The minimum absolute atomic E-state index is 0.0169. The van der Waals surface area contributed by atoms with E-state index in [4.69, 9.17) is 0 Å². The molecule has 1 aromatic carbocycles. The van der Waals surface area contributed by atoms with Gasteiger partial charge in [-0.25, -0.2) is 4.79 Å². The SMILES string of the molecule is O=C(NCc1ccccc1)NC1CC2CCCC(C1)N2C1CC1. The van der Waals surface area contributed by atoms with E-state index < -0.39 is 0 Å². The molecule has 124 valence electrons. The molecule has 0 spiro atoms. The highest BCUT2D eigenvalue weighted by atomic mass is 16.2. The molecule has 0 aromatic heterocycles. The first kappa shape index (κ1) is 15.0. The van der Waals surface area contributed by atoms with Crippen molar-refractivity contribution in [3.8, 4) is 0 Å². The number of nitrogens with zero attached hydrogens (tertiary/aromatic N) is 1. The Balaban J connectivity index is 1.28. The number of rotatable bonds is 4. The van der Waals surface area contributed by atoms with Crippen molar-refractivity contribution in [3.63, 3.8) is 0 Å². The molecule has 2 saturated heterocycles. The number of piperidine rings is 2. The number of carbonyl (C=O) groups is 1. The summed E-state index contributed by atoms with van der Waals surface area (Å²) in [7, 11) is 0. The van der Waals surface area contributed by atoms with Gasteiger partial charge in [0.1, 0.15) is 0 Å². The molecular weight excluding hydrogens is 286 g/mol. The zero-order valence-corrected chi connectivity index (χ0v) is 13.7. The van der Waals surface area contributed by atoms with Gasteiger partial charge in [-0.15, -0.1) is 0 Å². The Morgan fingerprint density at radius 3 is 2.35 bits per heavy atom. The van der Waals surface area contributed by atoms with Crippen LogP contribution in [0.1, 0.15) is 50.5 Å². The van der Waals surface area contributed by atoms with Crippen LogP contribution in [0, 0.1) is 0 Å². The Morgan fingerprint density at radius 1 is 1.00 bits per heavy atom. The van der Waals surface area contributed by atoms with Crippen LogP contribution in [0.4, 0.5) is 4.79 Å². The van der Waals surface area contributed by atoms with Gasteiger partial charge in [-0.3, -0.25) is 4.90 Å². The first-order valence-corrected chi connectivity index (χ1v) is 9.15. The molecule has 2 aliphatic heterocycles. The van der Waals surface area contributed by atoms with Crippen LogP contribution >= 0.6 is 0 Å². The lowest BCUT2D eigenvalue weighted by molar-refractivity contribution is 0.0194. The number of fused-ring (bicyclic) bond motifs is 2. The molecule has 2 heterocycles. The van der Waals surface area contributed by atoms with E-state index in [1.807, 2.05) is 30.3 Å². The summed E-state index contributed by atoms with van der Waals surface area (Å²) in [5, 5.41) is 6.22. The van der Waals surface area contributed by atoms with Gasteiger partial charge in [-0.05, 0) is 44.1 Å². The molecule has 1 aliphatic carbocycles. The zero-order chi connectivity index (χ0) is 15.6. The minimum Gasteiger partial charge on any atom is -0.335 e. The van der Waals surface area contributed by atoms with Gasteiger partial charge >= 0.3 is 6.03 Å². The molecule has 4 nitrogen and oxygen atoms in total. The van der Waals surface area contributed by atoms with E-state index in [1.165, 1.54) is 32.1 Å². The fourth-order valence-corrected chi connectivity index (χ4v) is 4.52. The van der Waals surface area contributed by atoms with E-state index in [0.717, 1.165) is 24.4 Å². The van der Waals surface area contributed by atoms with Crippen molar-refractivity contribution in [1.29, 1.82) is 0 Å². The Morgan fingerprint density at radius 2 is 1.70 bits per heavy atom. The van der Waals surface area contributed by atoms with Crippen LogP contribution in [0.25, 0.3) is 0 Å². The molecular formula is C19H27N3O. The lowest BCUT2D eigenvalue weighted by Crippen LogP contribution is -2.58. The largest absolute Gasteiger partial charge is 0.335 e. The summed E-state index contributed by atoms with van der Waals surface area (Å²) in [6.45, 7) is 0.598. The van der Waals surface area contributed by atoms with E-state index in [2.05, 4.69) is 15.5 Å². The van der Waals surface area contributed by atoms with Crippen molar-refractivity contribution < 1.29 is 4.79 Å². The van der Waals surface area contributed by atoms with E-state index in [-0.39, 0.29) is 6.03 Å². The van der Waals surface area contributed by atoms with Crippen LogP contribution in [0.15, 0.2) is 30.3 Å². The zero-order valence-electron chi connectivity index (χ0n) is 13.7. The Bertz CT molecular complexity index is 529. The predicted octanol–water partition coefficient (Wildman–Crippen LogP) is 3.03. The lowest BCUT2D eigenvalue weighted by atomic mass is 9.81. The lowest BCUT2D eigenvalue weighted by Gasteiger charge is -2.49. The second-order valence-corrected chi connectivity index (χ2v) is 7.40. The molecule has 2 bridgehead atoms. The highest BCUT2D eigenvalue weighted by Gasteiger charge is 2.45. The maximum Gasteiger partial charge on any atom is 0.315 e.